The Morgan fingerprint density at radius 2 is 1.39 bits per heavy atom. The van der Waals surface area contributed by atoms with Crippen LogP contribution < -0.4 is 23.4 Å². The highest BCUT2D eigenvalue weighted by Crippen LogP contribution is 2.42. The molecule has 0 N–H and O–H groups in total. The summed E-state index contributed by atoms with van der Waals surface area (Å²) in [4.78, 5) is 0. The van der Waals surface area contributed by atoms with Gasteiger partial charge in [-0.25, -0.2) is 0 Å². The van der Waals surface area contributed by atoms with Gasteiger partial charge in [-0.05, 0) is 42.2 Å². The van der Waals surface area contributed by atoms with Crippen LogP contribution >= 0.6 is 0 Å². The molecule has 6 heteroatoms. The molecule has 31 heavy (non-hydrogen) atoms. The maximum Gasteiger partial charge on any atom is 0.250 e. The molecule has 2 rings (SSSR count). The highest BCUT2D eigenvalue weighted by Gasteiger charge is 2.39. The minimum atomic E-state index is -2.04. The van der Waals surface area contributed by atoms with E-state index in [2.05, 4.69) is 46.0 Å². The van der Waals surface area contributed by atoms with Crippen LogP contribution in [-0.4, -0.2) is 36.8 Å². The number of hydrogen-bond donors (Lipinski definition) is 0. The topological polar surface area (TPSA) is 46.2 Å². The molecule has 0 saturated heterocycles. The number of rotatable bonds is 9. The minimum Gasteiger partial charge on any atom is -0.543 e. The average molecular weight is 445 g/mol. The lowest BCUT2D eigenvalue weighted by molar-refractivity contribution is 0.355. The van der Waals surface area contributed by atoms with E-state index in [0.29, 0.717) is 17.9 Å². The Balaban J connectivity index is 2.39. The maximum atomic E-state index is 6.66. The molecule has 2 aromatic rings. The molecule has 0 bridgehead atoms. The standard InChI is InChI=1S/C25H36O5Si/c1-25(2,3)31(8,9)30-23-17-19(26-4)16-22(28-6)20(23)12-10-11-18-13-14-21(27-5)24(15-18)29-7/h10-11,13-17H,12H2,1-9H3/b11-10+. The molecule has 2 aromatic carbocycles. The van der Waals surface area contributed by atoms with E-state index in [1.54, 1.807) is 28.4 Å². The molecule has 0 aromatic heterocycles. The zero-order valence-corrected chi connectivity index (χ0v) is 21.3. The van der Waals surface area contributed by atoms with Crippen LogP contribution in [0.15, 0.2) is 36.4 Å². The highest BCUT2D eigenvalue weighted by atomic mass is 28.4. The van der Waals surface area contributed by atoms with E-state index in [1.807, 2.05) is 30.3 Å². The van der Waals surface area contributed by atoms with Crippen molar-refractivity contribution in [3.05, 3.63) is 47.5 Å². The molecule has 0 radical (unpaired) electrons. The number of methoxy groups -OCH3 is 4. The predicted molar refractivity (Wildman–Crippen MR) is 130 cm³/mol. The summed E-state index contributed by atoms with van der Waals surface area (Å²) in [6.07, 6.45) is 4.82. The molecule has 5 nitrogen and oxygen atoms in total. The molecule has 0 unspecified atom stereocenters. The Morgan fingerprint density at radius 3 is 1.94 bits per heavy atom. The van der Waals surface area contributed by atoms with Crippen LogP contribution in [0.3, 0.4) is 0 Å². The molecule has 0 aliphatic carbocycles. The summed E-state index contributed by atoms with van der Waals surface area (Å²) in [6, 6.07) is 9.71. The van der Waals surface area contributed by atoms with E-state index in [1.165, 1.54) is 0 Å². The SMILES string of the molecule is COc1cc(OC)c(C/C=C/c2ccc(OC)c(OC)c2)c(O[Si](C)(C)C(C)(C)C)c1. The van der Waals surface area contributed by atoms with E-state index < -0.39 is 8.32 Å². The fraction of sp³-hybridized carbons (Fsp3) is 0.440. The fourth-order valence-corrected chi connectivity index (χ4v) is 3.92. The lowest BCUT2D eigenvalue weighted by Crippen LogP contribution is -2.44. The van der Waals surface area contributed by atoms with Crippen LogP contribution in [-0.2, 0) is 6.42 Å². The van der Waals surface area contributed by atoms with Gasteiger partial charge in [0.1, 0.15) is 17.2 Å². The van der Waals surface area contributed by atoms with Gasteiger partial charge in [0.15, 0.2) is 11.5 Å². The van der Waals surface area contributed by atoms with Crippen molar-refractivity contribution >= 4 is 14.4 Å². The quantitative estimate of drug-likeness (QED) is 0.421. The van der Waals surface area contributed by atoms with Crippen molar-refractivity contribution in [3.8, 4) is 28.7 Å². The third-order valence-electron chi connectivity index (χ3n) is 5.81. The van der Waals surface area contributed by atoms with Gasteiger partial charge < -0.3 is 23.4 Å². The normalized spacial score (nSPS) is 12.0. The van der Waals surface area contributed by atoms with E-state index in [9.17, 15) is 0 Å². The fourth-order valence-electron chi connectivity index (χ4n) is 2.89. The first kappa shape index (κ1) is 24.7. The summed E-state index contributed by atoms with van der Waals surface area (Å²) in [5, 5.41) is 0.0794. The lowest BCUT2D eigenvalue weighted by atomic mass is 10.1. The Hall–Kier alpha value is -2.60. The van der Waals surface area contributed by atoms with Crippen molar-refractivity contribution in [1.82, 2.24) is 0 Å². The van der Waals surface area contributed by atoms with E-state index in [-0.39, 0.29) is 5.04 Å². The van der Waals surface area contributed by atoms with Gasteiger partial charge in [-0.1, -0.05) is 39.0 Å². The first-order valence-corrected chi connectivity index (χ1v) is 13.3. The summed E-state index contributed by atoms with van der Waals surface area (Å²) < 4.78 is 28.5. The second-order valence-corrected chi connectivity index (χ2v) is 13.6. The van der Waals surface area contributed by atoms with Crippen molar-refractivity contribution in [2.45, 2.75) is 45.3 Å². The molecule has 0 saturated carbocycles. The van der Waals surface area contributed by atoms with Gasteiger partial charge in [-0.15, -0.1) is 0 Å². The minimum absolute atomic E-state index is 0.0794. The van der Waals surface area contributed by atoms with Gasteiger partial charge in [-0.2, -0.15) is 0 Å². The molecule has 0 aliphatic heterocycles. The number of benzene rings is 2. The molecule has 0 heterocycles. The Bertz CT molecular complexity index is 913. The number of ether oxygens (including phenoxy) is 4. The Labute approximate surface area is 188 Å². The van der Waals surface area contributed by atoms with Crippen molar-refractivity contribution in [3.63, 3.8) is 0 Å². The first-order valence-electron chi connectivity index (χ1n) is 10.4. The molecule has 0 spiro atoms. The van der Waals surface area contributed by atoms with Crippen LogP contribution in [0.2, 0.25) is 18.1 Å². The number of hydrogen-bond acceptors (Lipinski definition) is 5. The first-order chi connectivity index (χ1) is 14.6. The lowest BCUT2D eigenvalue weighted by Gasteiger charge is -2.37. The monoisotopic (exact) mass is 444 g/mol. The van der Waals surface area contributed by atoms with Crippen LogP contribution in [0.4, 0.5) is 0 Å². The van der Waals surface area contributed by atoms with Gasteiger partial charge in [-0.3, -0.25) is 0 Å². The molecule has 0 amide bonds. The predicted octanol–water partition coefficient (Wildman–Crippen LogP) is 6.36. The van der Waals surface area contributed by atoms with Gasteiger partial charge in [0.25, 0.3) is 0 Å². The van der Waals surface area contributed by atoms with Crippen molar-refractivity contribution in [1.29, 1.82) is 0 Å². The summed E-state index contributed by atoms with van der Waals surface area (Å²) in [7, 11) is 4.56. The van der Waals surface area contributed by atoms with E-state index >= 15 is 0 Å². The second-order valence-electron chi connectivity index (χ2n) is 8.89. The van der Waals surface area contributed by atoms with Gasteiger partial charge in [0.2, 0.25) is 8.32 Å². The van der Waals surface area contributed by atoms with Crippen LogP contribution in [0.25, 0.3) is 6.08 Å². The Kier molecular flexibility index (Phi) is 8.06. The van der Waals surface area contributed by atoms with Crippen LogP contribution in [0.5, 0.6) is 28.7 Å². The van der Waals surface area contributed by atoms with Crippen molar-refractivity contribution in [2.75, 3.05) is 28.4 Å². The molecular weight excluding hydrogens is 408 g/mol. The summed E-state index contributed by atoms with van der Waals surface area (Å²) >= 11 is 0. The van der Waals surface area contributed by atoms with Crippen LogP contribution in [0.1, 0.15) is 31.9 Å². The summed E-state index contributed by atoms with van der Waals surface area (Å²) in [6.45, 7) is 11.2. The summed E-state index contributed by atoms with van der Waals surface area (Å²) in [5.41, 5.74) is 2.03. The van der Waals surface area contributed by atoms with Gasteiger partial charge in [0, 0.05) is 17.7 Å². The average Bonchev–Trinajstić information content (AvgIpc) is 2.73. The van der Waals surface area contributed by atoms with Gasteiger partial charge in [0.05, 0.1) is 28.4 Å². The molecular formula is C25H36O5Si. The van der Waals surface area contributed by atoms with Crippen LogP contribution in [0, 0.1) is 0 Å². The maximum absolute atomic E-state index is 6.66. The summed E-state index contributed by atoms with van der Waals surface area (Å²) in [5.74, 6) is 3.71. The van der Waals surface area contributed by atoms with Crippen molar-refractivity contribution in [2.24, 2.45) is 0 Å². The van der Waals surface area contributed by atoms with Crippen molar-refractivity contribution < 1.29 is 23.4 Å². The zero-order chi connectivity index (χ0) is 23.2. The largest absolute Gasteiger partial charge is 0.543 e. The second kappa shape index (κ2) is 10.1. The molecule has 170 valence electrons. The third-order valence-corrected chi connectivity index (χ3v) is 10.2. The zero-order valence-electron chi connectivity index (χ0n) is 20.3. The van der Waals surface area contributed by atoms with Gasteiger partial charge >= 0.3 is 0 Å². The smallest absolute Gasteiger partial charge is 0.250 e. The molecule has 0 atom stereocenters. The molecule has 0 fully saturated rings. The highest BCUT2D eigenvalue weighted by molar-refractivity contribution is 6.74. The third kappa shape index (κ3) is 5.97. The Morgan fingerprint density at radius 1 is 0.774 bits per heavy atom. The van der Waals surface area contributed by atoms with E-state index in [0.717, 1.165) is 28.4 Å². The molecule has 0 aliphatic rings. The van der Waals surface area contributed by atoms with E-state index in [4.69, 9.17) is 23.4 Å². The number of allylic oxidation sites excluding steroid dienone is 1.